The number of nitrogens with zero attached hydrogens (tertiary/aromatic N) is 2. The van der Waals surface area contributed by atoms with Crippen molar-refractivity contribution in [3.05, 3.63) is 57.2 Å². The SMILES string of the molecule is Cc1nc(-c2ccc(CNC(=O)c3cccc(N(C)C)c3)s2)cs1. The zero-order valence-electron chi connectivity index (χ0n) is 13.9. The first-order valence-electron chi connectivity index (χ1n) is 7.60. The van der Waals surface area contributed by atoms with Crippen LogP contribution in [0.25, 0.3) is 10.6 Å². The van der Waals surface area contributed by atoms with Crippen molar-refractivity contribution in [3.63, 3.8) is 0 Å². The number of hydrogen-bond acceptors (Lipinski definition) is 5. The first kappa shape index (κ1) is 16.7. The van der Waals surface area contributed by atoms with Gasteiger partial charge in [-0.25, -0.2) is 4.98 Å². The van der Waals surface area contributed by atoms with Crippen LogP contribution in [0.1, 0.15) is 20.2 Å². The average molecular weight is 358 g/mol. The van der Waals surface area contributed by atoms with Gasteiger partial charge in [0.25, 0.3) is 5.91 Å². The number of aromatic nitrogens is 1. The molecule has 2 aromatic heterocycles. The molecular weight excluding hydrogens is 338 g/mol. The minimum absolute atomic E-state index is 0.0573. The number of amides is 1. The van der Waals surface area contributed by atoms with Crippen LogP contribution < -0.4 is 10.2 Å². The Bertz CT molecular complexity index is 851. The molecule has 0 saturated heterocycles. The Balaban J connectivity index is 1.64. The summed E-state index contributed by atoms with van der Waals surface area (Å²) in [4.78, 5) is 21.1. The van der Waals surface area contributed by atoms with Crippen LogP contribution in [0.2, 0.25) is 0 Å². The van der Waals surface area contributed by atoms with Gasteiger partial charge >= 0.3 is 0 Å². The van der Waals surface area contributed by atoms with E-state index in [0.717, 1.165) is 26.1 Å². The molecule has 0 bridgehead atoms. The van der Waals surface area contributed by atoms with E-state index >= 15 is 0 Å². The van der Waals surface area contributed by atoms with Crippen molar-refractivity contribution in [1.82, 2.24) is 10.3 Å². The van der Waals surface area contributed by atoms with Gasteiger partial charge in [-0.05, 0) is 37.3 Å². The van der Waals surface area contributed by atoms with E-state index in [-0.39, 0.29) is 5.91 Å². The van der Waals surface area contributed by atoms with E-state index < -0.39 is 0 Å². The molecule has 0 fully saturated rings. The Morgan fingerprint density at radius 3 is 2.79 bits per heavy atom. The Morgan fingerprint density at radius 2 is 2.08 bits per heavy atom. The minimum Gasteiger partial charge on any atom is -0.378 e. The second-order valence-electron chi connectivity index (χ2n) is 5.65. The molecule has 0 spiro atoms. The van der Waals surface area contributed by atoms with E-state index in [2.05, 4.69) is 21.7 Å². The Labute approximate surface area is 149 Å². The van der Waals surface area contributed by atoms with Crippen LogP contribution in [0.15, 0.2) is 41.8 Å². The third-order valence-corrected chi connectivity index (χ3v) is 5.46. The summed E-state index contributed by atoms with van der Waals surface area (Å²) in [6.45, 7) is 2.53. The molecule has 3 rings (SSSR count). The van der Waals surface area contributed by atoms with Crippen molar-refractivity contribution < 1.29 is 4.79 Å². The first-order valence-corrected chi connectivity index (χ1v) is 9.29. The number of aryl methyl sites for hydroxylation is 1. The summed E-state index contributed by atoms with van der Waals surface area (Å²) >= 11 is 3.32. The van der Waals surface area contributed by atoms with Crippen LogP contribution in [-0.2, 0) is 6.54 Å². The standard InChI is InChI=1S/C18H19N3OS2/c1-12-20-16(11-23-12)17-8-7-15(24-17)10-19-18(22)13-5-4-6-14(9-13)21(2)3/h4-9,11H,10H2,1-3H3,(H,19,22). The number of thiophene rings is 1. The number of nitrogens with one attached hydrogen (secondary N) is 1. The lowest BCUT2D eigenvalue weighted by molar-refractivity contribution is 0.0951. The summed E-state index contributed by atoms with van der Waals surface area (Å²) in [7, 11) is 3.93. The number of benzene rings is 1. The van der Waals surface area contributed by atoms with E-state index in [9.17, 15) is 4.79 Å². The fourth-order valence-corrected chi connectivity index (χ4v) is 3.88. The highest BCUT2D eigenvalue weighted by atomic mass is 32.1. The molecule has 0 aliphatic carbocycles. The van der Waals surface area contributed by atoms with Gasteiger partial charge < -0.3 is 10.2 Å². The average Bonchev–Trinajstić information content (AvgIpc) is 3.21. The summed E-state index contributed by atoms with van der Waals surface area (Å²) < 4.78 is 0. The van der Waals surface area contributed by atoms with Gasteiger partial charge in [-0.2, -0.15) is 0 Å². The van der Waals surface area contributed by atoms with Crippen molar-refractivity contribution in [1.29, 1.82) is 0 Å². The van der Waals surface area contributed by atoms with Gasteiger partial charge in [0.05, 0.1) is 22.1 Å². The van der Waals surface area contributed by atoms with E-state index in [4.69, 9.17) is 0 Å². The van der Waals surface area contributed by atoms with Crippen LogP contribution in [0.3, 0.4) is 0 Å². The third kappa shape index (κ3) is 3.83. The second-order valence-corrected chi connectivity index (χ2v) is 7.88. The van der Waals surface area contributed by atoms with Gasteiger partial charge in [-0.3, -0.25) is 4.79 Å². The van der Waals surface area contributed by atoms with Crippen molar-refractivity contribution in [2.75, 3.05) is 19.0 Å². The van der Waals surface area contributed by atoms with Crippen molar-refractivity contribution in [3.8, 4) is 10.6 Å². The zero-order chi connectivity index (χ0) is 17.1. The molecule has 0 unspecified atom stereocenters. The molecule has 124 valence electrons. The summed E-state index contributed by atoms with van der Waals surface area (Å²) in [5, 5.41) is 6.12. The third-order valence-electron chi connectivity index (χ3n) is 3.58. The summed E-state index contributed by atoms with van der Waals surface area (Å²) in [5.41, 5.74) is 2.70. The molecule has 6 heteroatoms. The van der Waals surface area contributed by atoms with Gasteiger partial charge in [0.2, 0.25) is 0 Å². The molecule has 1 amide bonds. The van der Waals surface area contributed by atoms with Gasteiger partial charge in [-0.15, -0.1) is 22.7 Å². The molecule has 0 radical (unpaired) electrons. The zero-order valence-corrected chi connectivity index (χ0v) is 15.5. The van der Waals surface area contributed by atoms with E-state index in [0.29, 0.717) is 12.1 Å². The van der Waals surface area contributed by atoms with Crippen LogP contribution in [-0.4, -0.2) is 25.0 Å². The molecule has 4 nitrogen and oxygen atoms in total. The predicted molar refractivity (Wildman–Crippen MR) is 102 cm³/mol. The van der Waals surface area contributed by atoms with Gasteiger partial charge in [0, 0.05) is 35.6 Å². The largest absolute Gasteiger partial charge is 0.378 e. The van der Waals surface area contributed by atoms with Crippen molar-refractivity contribution in [2.45, 2.75) is 13.5 Å². The number of carbonyl (C=O) groups is 1. The highest BCUT2D eigenvalue weighted by molar-refractivity contribution is 7.16. The smallest absolute Gasteiger partial charge is 0.251 e. The van der Waals surface area contributed by atoms with Gasteiger partial charge in [0.15, 0.2) is 0 Å². The number of carbonyl (C=O) groups excluding carboxylic acids is 1. The fraction of sp³-hybridized carbons (Fsp3) is 0.222. The monoisotopic (exact) mass is 357 g/mol. The van der Waals surface area contributed by atoms with Crippen LogP contribution in [0.4, 0.5) is 5.69 Å². The molecule has 0 aliphatic heterocycles. The molecule has 1 aromatic carbocycles. The molecule has 1 N–H and O–H groups in total. The van der Waals surface area contributed by atoms with Crippen molar-refractivity contribution >= 4 is 34.3 Å². The summed E-state index contributed by atoms with van der Waals surface area (Å²) in [5.74, 6) is -0.0573. The molecule has 24 heavy (non-hydrogen) atoms. The highest BCUT2D eigenvalue weighted by Gasteiger charge is 2.09. The van der Waals surface area contributed by atoms with Crippen LogP contribution in [0, 0.1) is 6.92 Å². The summed E-state index contributed by atoms with van der Waals surface area (Å²) in [6.07, 6.45) is 0. The highest BCUT2D eigenvalue weighted by Crippen LogP contribution is 2.29. The van der Waals surface area contributed by atoms with Crippen molar-refractivity contribution in [2.24, 2.45) is 0 Å². The van der Waals surface area contributed by atoms with Gasteiger partial charge in [0.1, 0.15) is 0 Å². The molecular formula is C18H19N3OS2. The molecule has 3 aromatic rings. The van der Waals surface area contributed by atoms with Crippen LogP contribution in [0.5, 0.6) is 0 Å². The lowest BCUT2D eigenvalue weighted by Gasteiger charge is -2.13. The van der Waals surface area contributed by atoms with E-state index in [1.165, 1.54) is 0 Å². The molecule has 0 saturated carbocycles. The Hall–Kier alpha value is -2.18. The normalized spacial score (nSPS) is 10.6. The topological polar surface area (TPSA) is 45.2 Å². The Morgan fingerprint density at radius 1 is 1.25 bits per heavy atom. The summed E-state index contributed by atoms with van der Waals surface area (Å²) in [6, 6.07) is 11.7. The molecule has 0 aliphatic rings. The minimum atomic E-state index is -0.0573. The Kier molecular flexibility index (Phi) is 4.97. The lowest BCUT2D eigenvalue weighted by atomic mass is 10.2. The van der Waals surface area contributed by atoms with E-state index in [1.807, 2.05) is 56.3 Å². The van der Waals surface area contributed by atoms with E-state index in [1.54, 1.807) is 22.7 Å². The number of rotatable bonds is 5. The van der Waals surface area contributed by atoms with Gasteiger partial charge in [-0.1, -0.05) is 6.07 Å². The lowest BCUT2D eigenvalue weighted by Crippen LogP contribution is -2.22. The fourth-order valence-electron chi connectivity index (χ4n) is 2.28. The maximum absolute atomic E-state index is 12.3. The maximum atomic E-state index is 12.3. The number of anilines is 1. The second kappa shape index (κ2) is 7.15. The predicted octanol–water partition coefficient (Wildman–Crippen LogP) is 4.18. The molecule has 2 heterocycles. The molecule has 0 atom stereocenters. The maximum Gasteiger partial charge on any atom is 0.251 e. The van der Waals surface area contributed by atoms with Crippen LogP contribution >= 0.6 is 22.7 Å². The first-order chi connectivity index (χ1) is 11.5. The number of hydrogen-bond donors (Lipinski definition) is 1. The number of thiazole rings is 1. The quantitative estimate of drug-likeness (QED) is 0.745.